The van der Waals surface area contributed by atoms with E-state index in [0.29, 0.717) is 0 Å². The number of benzene rings is 1. The zero-order valence-corrected chi connectivity index (χ0v) is 13.3. The second-order valence-corrected chi connectivity index (χ2v) is 6.34. The molecular formula is C18H25N3. The molecule has 3 heteroatoms. The molecule has 2 atom stereocenters. The maximum atomic E-state index is 6.35. The Morgan fingerprint density at radius 1 is 1.10 bits per heavy atom. The predicted molar refractivity (Wildman–Crippen MR) is 86.6 cm³/mol. The van der Waals surface area contributed by atoms with Gasteiger partial charge in [0.25, 0.3) is 0 Å². The summed E-state index contributed by atoms with van der Waals surface area (Å²) in [7, 11) is 0. The Kier molecular flexibility index (Phi) is 3.85. The van der Waals surface area contributed by atoms with Crippen molar-refractivity contribution in [3.63, 3.8) is 0 Å². The van der Waals surface area contributed by atoms with Crippen molar-refractivity contribution in [3.05, 3.63) is 52.6 Å². The highest BCUT2D eigenvalue weighted by Gasteiger charge is 2.26. The summed E-state index contributed by atoms with van der Waals surface area (Å²) in [5.41, 5.74) is 11.6. The van der Waals surface area contributed by atoms with Crippen molar-refractivity contribution in [2.45, 2.75) is 58.5 Å². The van der Waals surface area contributed by atoms with Crippen molar-refractivity contribution in [3.8, 4) is 0 Å². The fraction of sp³-hybridized carbons (Fsp3) is 0.500. The molecular weight excluding hydrogens is 258 g/mol. The molecule has 0 aliphatic heterocycles. The fourth-order valence-electron chi connectivity index (χ4n) is 3.52. The van der Waals surface area contributed by atoms with E-state index in [9.17, 15) is 0 Å². The number of rotatable bonds is 3. The summed E-state index contributed by atoms with van der Waals surface area (Å²) in [5, 5.41) is 0. The van der Waals surface area contributed by atoms with Gasteiger partial charge in [-0.05, 0) is 52.0 Å². The number of hydrogen-bond acceptors (Lipinski definition) is 2. The van der Waals surface area contributed by atoms with Crippen LogP contribution in [0, 0.1) is 13.8 Å². The van der Waals surface area contributed by atoms with Gasteiger partial charge in [-0.1, -0.05) is 29.8 Å². The molecule has 0 spiro atoms. The van der Waals surface area contributed by atoms with Gasteiger partial charge in [-0.2, -0.15) is 0 Å². The van der Waals surface area contributed by atoms with Crippen molar-refractivity contribution in [1.29, 1.82) is 0 Å². The van der Waals surface area contributed by atoms with Crippen LogP contribution in [0.2, 0.25) is 0 Å². The topological polar surface area (TPSA) is 43.8 Å². The van der Waals surface area contributed by atoms with Crippen LogP contribution in [0.1, 0.15) is 54.1 Å². The third-order valence-corrected chi connectivity index (χ3v) is 4.54. The summed E-state index contributed by atoms with van der Waals surface area (Å²) in [6, 6.07) is 9.00. The highest BCUT2D eigenvalue weighted by molar-refractivity contribution is 5.30. The molecule has 1 aromatic heterocycles. The van der Waals surface area contributed by atoms with Crippen molar-refractivity contribution in [2.75, 3.05) is 0 Å². The summed E-state index contributed by atoms with van der Waals surface area (Å²) >= 11 is 0. The van der Waals surface area contributed by atoms with Crippen LogP contribution in [0.5, 0.6) is 0 Å². The van der Waals surface area contributed by atoms with Gasteiger partial charge in [-0.25, -0.2) is 4.98 Å². The molecule has 3 rings (SSSR count). The van der Waals surface area contributed by atoms with Gasteiger partial charge in [0.1, 0.15) is 5.82 Å². The Hall–Kier alpha value is -1.61. The van der Waals surface area contributed by atoms with Gasteiger partial charge in [0.15, 0.2) is 0 Å². The monoisotopic (exact) mass is 283 g/mol. The minimum absolute atomic E-state index is 0.0617. The molecule has 21 heavy (non-hydrogen) atoms. The third kappa shape index (κ3) is 2.62. The summed E-state index contributed by atoms with van der Waals surface area (Å²) in [6.07, 6.45) is 4.77. The molecule has 1 aliphatic rings. The summed E-state index contributed by atoms with van der Waals surface area (Å²) < 4.78 is 2.39. The molecule has 0 fully saturated rings. The molecule has 0 radical (unpaired) electrons. The molecule has 0 bridgehead atoms. The molecule has 0 saturated heterocycles. The number of hydrogen-bond donors (Lipinski definition) is 1. The van der Waals surface area contributed by atoms with Gasteiger partial charge in [0.05, 0.1) is 11.7 Å². The summed E-state index contributed by atoms with van der Waals surface area (Å²) in [4.78, 5) is 4.80. The van der Waals surface area contributed by atoms with E-state index in [0.717, 1.165) is 18.7 Å². The second kappa shape index (κ2) is 5.64. The van der Waals surface area contributed by atoms with Gasteiger partial charge >= 0.3 is 0 Å². The van der Waals surface area contributed by atoms with E-state index in [1.165, 1.54) is 35.4 Å². The van der Waals surface area contributed by atoms with Gasteiger partial charge in [0.2, 0.25) is 0 Å². The highest BCUT2D eigenvalue weighted by atomic mass is 15.1. The number of nitrogens with zero attached hydrogens (tertiary/aromatic N) is 2. The Morgan fingerprint density at radius 2 is 1.76 bits per heavy atom. The molecule has 0 saturated carbocycles. The van der Waals surface area contributed by atoms with Crippen molar-refractivity contribution >= 4 is 0 Å². The smallest absolute Gasteiger partial charge is 0.106 e. The van der Waals surface area contributed by atoms with Gasteiger partial charge < -0.3 is 10.3 Å². The van der Waals surface area contributed by atoms with Crippen LogP contribution in [-0.2, 0) is 12.8 Å². The lowest BCUT2D eigenvalue weighted by atomic mass is 9.96. The van der Waals surface area contributed by atoms with Crippen LogP contribution in [0.3, 0.4) is 0 Å². The van der Waals surface area contributed by atoms with Gasteiger partial charge in [0, 0.05) is 11.7 Å². The van der Waals surface area contributed by atoms with Crippen molar-refractivity contribution in [1.82, 2.24) is 9.55 Å². The van der Waals surface area contributed by atoms with E-state index < -0.39 is 0 Å². The number of aromatic nitrogens is 2. The minimum Gasteiger partial charge on any atom is -0.326 e. The minimum atomic E-state index is 0.0617. The van der Waals surface area contributed by atoms with E-state index in [2.05, 4.69) is 49.6 Å². The van der Waals surface area contributed by atoms with Crippen LogP contribution in [0.15, 0.2) is 24.3 Å². The molecule has 1 aliphatic carbocycles. The van der Waals surface area contributed by atoms with E-state index in [1.807, 2.05) is 0 Å². The molecule has 2 aromatic rings. The average molecular weight is 283 g/mol. The number of nitrogens with two attached hydrogens (primary N) is 1. The number of aryl methyl sites for hydroxylation is 3. The zero-order valence-electron chi connectivity index (χ0n) is 13.3. The first-order chi connectivity index (χ1) is 10.1. The fourth-order valence-corrected chi connectivity index (χ4v) is 3.52. The summed E-state index contributed by atoms with van der Waals surface area (Å²) in [6.45, 7) is 6.33. The number of fused-ring (bicyclic) bond motifs is 1. The van der Waals surface area contributed by atoms with Crippen LogP contribution in [0.4, 0.5) is 0 Å². The largest absolute Gasteiger partial charge is 0.326 e. The van der Waals surface area contributed by atoms with Crippen LogP contribution in [-0.4, -0.2) is 15.6 Å². The summed E-state index contributed by atoms with van der Waals surface area (Å²) in [5.74, 6) is 1.10. The van der Waals surface area contributed by atoms with Crippen molar-refractivity contribution in [2.24, 2.45) is 5.73 Å². The Morgan fingerprint density at radius 3 is 2.43 bits per heavy atom. The quantitative estimate of drug-likeness (QED) is 0.939. The highest BCUT2D eigenvalue weighted by Crippen LogP contribution is 2.30. The van der Waals surface area contributed by atoms with Crippen LogP contribution in [0.25, 0.3) is 0 Å². The molecule has 2 unspecified atom stereocenters. The van der Waals surface area contributed by atoms with E-state index in [4.69, 9.17) is 10.7 Å². The molecule has 1 aromatic carbocycles. The predicted octanol–water partition coefficient (Wildman–Crippen LogP) is 3.32. The Balaban J connectivity index is 2.10. The lowest BCUT2D eigenvalue weighted by molar-refractivity contribution is 0.465. The van der Waals surface area contributed by atoms with E-state index >= 15 is 0 Å². The Bertz CT molecular complexity index is 623. The van der Waals surface area contributed by atoms with Crippen molar-refractivity contribution < 1.29 is 0 Å². The lowest BCUT2D eigenvalue weighted by Crippen LogP contribution is -2.32. The first kappa shape index (κ1) is 14.3. The number of imidazole rings is 1. The molecule has 0 amide bonds. The standard InChI is InChI=1S/C18H25N3/c1-12-8-10-15(11-9-12)18(13(2)19)21-14(3)20-16-6-4-5-7-17(16)21/h8-11,13,18H,4-7,19H2,1-3H3. The molecule has 112 valence electrons. The normalized spacial score (nSPS) is 17.3. The first-order valence-corrected chi connectivity index (χ1v) is 7.96. The maximum Gasteiger partial charge on any atom is 0.106 e. The first-order valence-electron chi connectivity index (χ1n) is 7.96. The van der Waals surface area contributed by atoms with Crippen LogP contribution >= 0.6 is 0 Å². The lowest BCUT2D eigenvalue weighted by Gasteiger charge is -2.27. The zero-order chi connectivity index (χ0) is 15.0. The Labute approximate surface area is 127 Å². The van der Waals surface area contributed by atoms with Gasteiger partial charge in [-0.3, -0.25) is 0 Å². The molecule has 2 N–H and O–H groups in total. The van der Waals surface area contributed by atoms with E-state index in [-0.39, 0.29) is 12.1 Å². The third-order valence-electron chi connectivity index (χ3n) is 4.54. The van der Waals surface area contributed by atoms with Gasteiger partial charge in [-0.15, -0.1) is 0 Å². The molecule has 1 heterocycles. The second-order valence-electron chi connectivity index (χ2n) is 6.34. The molecule has 3 nitrogen and oxygen atoms in total. The van der Waals surface area contributed by atoms with E-state index in [1.54, 1.807) is 0 Å². The SMILES string of the molecule is Cc1ccc(C(C(C)N)n2c(C)nc3c2CCCC3)cc1. The maximum absolute atomic E-state index is 6.35. The average Bonchev–Trinajstić information content (AvgIpc) is 2.78. The van der Waals surface area contributed by atoms with Crippen LogP contribution < -0.4 is 5.73 Å².